The molecular formula is C20H15F9N4O6PdS2. The summed E-state index contributed by atoms with van der Waals surface area (Å²) in [6, 6.07) is 11.7. The maximum absolute atomic E-state index is 12.8. The summed E-state index contributed by atoms with van der Waals surface area (Å²) in [7, 11) is -12.2. The third-order valence-electron chi connectivity index (χ3n) is 3.62. The van der Waals surface area contributed by atoms with Crippen molar-refractivity contribution in [3.05, 3.63) is 47.8 Å². The third-order valence-corrected chi connectivity index (χ3v) is 4.75. The number of aromatic nitrogens is 2. The molecule has 0 fully saturated rings. The maximum Gasteiger partial charge on any atom is 2.00 e. The van der Waals surface area contributed by atoms with Crippen molar-refractivity contribution < 1.29 is 85.9 Å². The van der Waals surface area contributed by atoms with Crippen LogP contribution in [-0.4, -0.2) is 46.9 Å². The van der Waals surface area contributed by atoms with Crippen LogP contribution >= 0.6 is 0 Å². The number of hydrogen-bond acceptors (Lipinski definition) is 10. The van der Waals surface area contributed by atoms with Crippen LogP contribution in [0.2, 0.25) is 0 Å². The molecule has 3 aromatic rings. The van der Waals surface area contributed by atoms with Crippen molar-refractivity contribution in [2.45, 2.75) is 38.0 Å². The van der Waals surface area contributed by atoms with E-state index in [0.717, 1.165) is 11.5 Å². The minimum Gasteiger partial charge on any atom is -0.741 e. The van der Waals surface area contributed by atoms with Crippen LogP contribution in [0.5, 0.6) is 0 Å². The Balaban J connectivity index is -0.000000557. The van der Waals surface area contributed by atoms with Gasteiger partial charge in [-0.2, -0.15) is 50.0 Å². The molecule has 0 radical (unpaired) electrons. The predicted octanol–water partition coefficient (Wildman–Crippen LogP) is 5.27. The van der Waals surface area contributed by atoms with Crippen molar-refractivity contribution in [1.29, 1.82) is 10.5 Å². The number of hydrogen-bond donors (Lipinski definition) is 0. The second-order valence-corrected chi connectivity index (χ2v) is 9.35. The summed E-state index contributed by atoms with van der Waals surface area (Å²) >= 11 is 0. The molecule has 0 aliphatic carbocycles. The number of pyridine rings is 2. The Morgan fingerprint density at radius 2 is 1.17 bits per heavy atom. The standard InChI is InChI=1S/C14H9F3N2.2C2H3N.2CHF3O3S.Pd/c1-8-7-11(14(15,16)17)19-13-10(8)5-4-9-3-2-6-18-12(9)13;2*1-2-3;2*2-1(3,4)8(5,6)7;/h2-7H,1H3;2*1H3;2*(H,5,6,7);/q;;;;;+2/p-2. The van der Waals surface area contributed by atoms with Crippen LogP contribution in [-0.2, 0) is 46.8 Å². The molecule has 0 amide bonds. The van der Waals surface area contributed by atoms with E-state index in [1.54, 1.807) is 43.5 Å². The maximum atomic E-state index is 12.8. The molecule has 0 aliphatic heterocycles. The largest absolute Gasteiger partial charge is 2.00 e. The Kier molecular flexibility index (Phi) is 17.6. The minimum absolute atomic E-state index is 0. The summed E-state index contributed by atoms with van der Waals surface area (Å²) < 4.78 is 156. The van der Waals surface area contributed by atoms with Gasteiger partial charge in [-0.3, -0.25) is 4.98 Å². The predicted molar refractivity (Wildman–Crippen MR) is 121 cm³/mol. The summed E-state index contributed by atoms with van der Waals surface area (Å²) in [6.45, 7) is 4.51. The van der Waals surface area contributed by atoms with Crippen molar-refractivity contribution >= 4 is 42.0 Å². The first-order chi connectivity index (χ1) is 18.3. The van der Waals surface area contributed by atoms with Gasteiger partial charge >= 0.3 is 37.6 Å². The number of fused-ring (bicyclic) bond motifs is 3. The summed E-state index contributed by atoms with van der Waals surface area (Å²) in [5, 5.41) is 16.1. The molecule has 1 aromatic carbocycles. The average molecular weight is 749 g/mol. The van der Waals surface area contributed by atoms with Crippen LogP contribution in [0, 0.1) is 29.6 Å². The summed E-state index contributed by atoms with van der Waals surface area (Å²) in [5.41, 5.74) is -10.8. The number of alkyl halides is 9. The third kappa shape index (κ3) is 14.7. The summed E-state index contributed by atoms with van der Waals surface area (Å²) in [4.78, 5) is 7.89. The molecule has 0 saturated carbocycles. The molecule has 0 aliphatic rings. The summed E-state index contributed by atoms with van der Waals surface area (Å²) in [6.07, 6.45) is -2.89. The number of rotatable bonds is 0. The SMILES string of the molecule is CC#N.CC#N.Cc1cc(C(F)(F)F)nc2c1ccc1cccnc12.O=S(=O)([O-])C(F)(F)F.O=S(=O)([O-])C(F)(F)F.[Pd+2]. The van der Waals surface area contributed by atoms with Crippen molar-refractivity contribution in [3.8, 4) is 12.1 Å². The van der Waals surface area contributed by atoms with Gasteiger partial charge in [0.15, 0.2) is 20.2 Å². The number of nitriles is 2. The minimum atomic E-state index is -6.09. The Morgan fingerprint density at radius 3 is 1.50 bits per heavy atom. The van der Waals surface area contributed by atoms with Crippen LogP contribution in [0.1, 0.15) is 25.1 Å². The van der Waals surface area contributed by atoms with Gasteiger partial charge in [0.05, 0.1) is 23.2 Å². The second kappa shape index (κ2) is 17.1. The molecule has 3 rings (SSSR count). The molecule has 22 heteroatoms. The van der Waals surface area contributed by atoms with E-state index in [9.17, 15) is 39.5 Å². The van der Waals surface area contributed by atoms with E-state index < -0.39 is 43.1 Å². The number of halogens is 9. The zero-order valence-electron chi connectivity index (χ0n) is 20.7. The molecule has 0 saturated heterocycles. The fourth-order valence-corrected chi connectivity index (χ4v) is 2.14. The molecule has 0 bridgehead atoms. The monoisotopic (exact) mass is 748 g/mol. The van der Waals surface area contributed by atoms with Gasteiger partial charge in [0.25, 0.3) is 0 Å². The van der Waals surface area contributed by atoms with Crippen molar-refractivity contribution in [2.75, 3.05) is 0 Å². The molecule has 2 aromatic heterocycles. The molecule has 236 valence electrons. The van der Waals surface area contributed by atoms with Gasteiger partial charge in [0.1, 0.15) is 5.69 Å². The topological polar surface area (TPSA) is 188 Å². The molecule has 0 spiro atoms. The van der Waals surface area contributed by atoms with Crippen molar-refractivity contribution in [2.24, 2.45) is 0 Å². The fourth-order valence-electron chi connectivity index (χ4n) is 2.14. The smallest absolute Gasteiger partial charge is 0.741 e. The molecule has 0 N–H and O–H groups in total. The summed E-state index contributed by atoms with van der Waals surface area (Å²) in [5.74, 6) is 0. The van der Waals surface area contributed by atoms with Crippen LogP contribution in [0.15, 0.2) is 36.5 Å². The molecule has 10 nitrogen and oxygen atoms in total. The Hall–Kier alpha value is -3.13. The zero-order chi connectivity index (χ0) is 33.0. The Labute approximate surface area is 245 Å². The average Bonchev–Trinajstić information content (AvgIpc) is 2.77. The zero-order valence-corrected chi connectivity index (χ0v) is 23.9. The van der Waals surface area contributed by atoms with E-state index >= 15 is 0 Å². The Morgan fingerprint density at radius 1 is 0.786 bits per heavy atom. The van der Waals surface area contributed by atoms with Gasteiger partial charge in [-0.15, -0.1) is 0 Å². The first-order valence-electron chi connectivity index (χ1n) is 9.68. The van der Waals surface area contributed by atoms with Gasteiger partial charge in [-0.05, 0) is 24.6 Å². The van der Waals surface area contributed by atoms with E-state index in [4.69, 9.17) is 36.5 Å². The first-order valence-corrected chi connectivity index (χ1v) is 12.5. The number of nitrogens with zero attached hydrogens (tertiary/aromatic N) is 4. The van der Waals surface area contributed by atoms with Gasteiger partial charge < -0.3 is 9.11 Å². The molecule has 42 heavy (non-hydrogen) atoms. The van der Waals surface area contributed by atoms with E-state index in [-0.39, 0.29) is 20.4 Å². The van der Waals surface area contributed by atoms with E-state index in [0.29, 0.717) is 22.0 Å². The normalized spacial score (nSPS) is 11.2. The number of benzene rings is 1. The second-order valence-electron chi connectivity index (χ2n) is 6.61. The molecule has 0 atom stereocenters. The number of aryl methyl sites for hydroxylation is 1. The van der Waals surface area contributed by atoms with Crippen LogP contribution in [0.4, 0.5) is 39.5 Å². The van der Waals surface area contributed by atoms with Gasteiger partial charge in [0, 0.05) is 30.8 Å². The van der Waals surface area contributed by atoms with Crippen molar-refractivity contribution in [3.63, 3.8) is 0 Å². The van der Waals surface area contributed by atoms with Gasteiger partial charge in [-0.1, -0.05) is 18.2 Å². The van der Waals surface area contributed by atoms with Gasteiger partial charge in [-0.25, -0.2) is 21.8 Å². The van der Waals surface area contributed by atoms with E-state index in [1.165, 1.54) is 13.8 Å². The quantitative estimate of drug-likeness (QED) is 0.0964. The molecule has 0 unspecified atom stereocenters. The first kappa shape index (κ1) is 43.3. The Bertz CT molecular complexity index is 1560. The van der Waals surface area contributed by atoms with Gasteiger partial charge in [0.2, 0.25) is 0 Å². The molecular weight excluding hydrogens is 734 g/mol. The fraction of sp³-hybridized carbons (Fsp3) is 0.300. The van der Waals surface area contributed by atoms with Crippen LogP contribution in [0.25, 0.3) is 21.8 Å². The van der Waals surface area contributed by atoms with E-state index in [2.05, 4.69) is 9.97 Å². The van der Waals surface area contributed by atoms with E-state index in [1.807, 2.05) is 6.07 Å². The van der Waals surface area contributed by atoms with Crippen molar-refractivity contribution in [1.82, 2.24) is 9.97 Å². The van der Waals surface area contributed by atoms with Crippen LogP contribution in [0.3, 0.4) is 0 Å². The van der Waals surface area contributed by atoms with Crippen LogP contribution < -0.4 is 0 Å². The molecule has 2 heterocycles.